The number of Topliss-reactive ketones (excluding diaryl/α,β-unsaturated/α-hetero) is 1. The van der Waals surface area contributed by atoms with Crippen LogP contribution < -0.4 is 18.9 Å². The molecule has 0 radical (unpaired) electrons. The van der Waals surface area contributed by atoms with Gasteiger partial charge in [0.1, 0.15) is 0 Å². The molecule has 3 rings (SSSR count). The molecule has 0 saturated carbocycles. The van der Waals surface area contributed by atoms with Crippen molar-refractivity contribution < 1.29 is 23.7 Å². The molecule has 2 aromatic carbocycles. The number of carbonyl (C=O) groups is 1. The summed E-state index contributed by atoms with van der Waals surface area (Å²) < 4.78 is 21.2. The van der Waals surface area contributed by atoms with Gasteiger partial charge in [-0.05, 0) is 41.8 Å². The second-order valence-electron chi connectivity index (χ2n) is 5.60. The van der Waals surface area contributed by atoms with Gasteiger partial charge in [-0.1, -0.05) is 6.07 Å². The molecule has 1 unspecified atom stereocenters. The SMILES string of the molecule is COc1ccc(C2Cc3cc(OC)c(OC)cc3C2=O)cc1OC. The largest absolute Gasteiger partial charge is 0.493 e. The third-order valence-corrected chi connectivity index (χ3v) is 4.43. The van der Waals surface area contributed by atoms with E-state index in [0.29, 0.717) is 35.0 Å². The smallest absolute Gasteiger partial charge is 0.171 e. The molecule has 0 fully saturated rings. The summed E-state index contributed by atoms with van der Waals surface area (Å²) >= 11 is 0. The minimum atomic E-state index is -0.239. The molecule has 0 amide bonds. The highest BCUT2D eigenvalue weighted by molar-refractivity contribution is 6.06. The first kappa shape index (κ1) is 16.2. The van der Waals surface area contributed by atoms with E-state index in [4.69, 9.17) is 18.9 Å². The van der Waals surface area contributed by atoms with Crippen molar-refractivity contribution in [3.05, 3.63) is 47.0 Å². The molecule has 1 aliphatic carbocycles. The minimum absolute atomic E-state index is 0.0816. The fourth-order valence-electron chi connectivity index (χ4n) is 3.16. The molecule has 2 aromatic rings. The van der Waals surface area contributed by atoms with E-state index in [1.165, 1.54) is 0 Å². The molecule has 0 aliphatic heterocycles. The molecule has 0 spiro atoms. The van der Waals surface area contributed by atoms with Gasteiger partial charge < -0.3 is 18.9 Å². The lowest BCUT2D eigenvalue weighted by atomic mass is 9.95. The number of hydrogen-bond acceptors (Lipinski definition) is 5. The van der Waals surface area contributed by atoms with Gasteiger partial charge in [0.05, 0.1) is 34.4 Å². The molecule has 0 saturated heterocycles. The third-order valence-electron chi connectivity index (χ3n) is 4.43. The van der Waals surface area contributed by atoms with Crippen molar-refractivity contribution in [2.24, 2.45) is 0 Å². The van der Waals surface area contributed by atoms with Crippen LogP contribution in [-0.2, 0) is 6.42 Å². The van der Waals surface area contributed by atoms with E-state index in [1.807, 2.05) is 24.3 Å². The second kappa shape index (κ2) is 6.43. The molecule has 0 bridgehead atoms. The predicted molar refractivity (Wildman–Crippen MR) is 89.9 cm³/mol. The zero-order valence-electron chi connectivity index (χ0n) is 14.2. The molecule has 1 aliphatic rings. The van der Waals surface area contributed by atoms with E-state index in [1.54, 1.807) is 34.5 Å². The summed E-state index contributed by atoms with van der Waals surface area (Å²) in [5, 5.41) is 0. The molecule has 126 valence electrons. The van der Waals surface area contributed by atoms with Gasteiger partial charge in [-0.25, -0.2) is 0 Å². The maximum atomic E-state index is 12.9. The van der Waals surface area contributed by atoms with E-state index < -0.39 is 0 Å². The number of benzene rings is 2. The van der Waals surface area contributed by atoms with Crippen LogP contribution in [0.2, 0.25) is 0 Å². The van der Waals surface area contributed by atoms with Gasteiger partial charge in [0, 0.05) is 5.56 Å². The van der Waals surface area contributed by atoms with E-state index in [9.17, 15) is 4.79 Å². The molecule has 0 aromatic heterocycles. The van der Waals surface area contributed by atoms with Gasteiger partial charge in [-0.15, -0.1) is 0 Å². The Morgan fingerprint density at radius 1 is 0.792 bits per heavy atom. The molecule has 5 heteroatoms. The maximum absolute atomic E-state index is 12.9. The van der Waals surface area contributed by atoms with Crippen LogP contribution in [0.3, 0.4) is 0 Å². The fourth-order valence-corrected chi connectivity index (χ4v) is 3.16. The van der Waals surface area contributed by atoms with Crippen molar-refractivity contribution in [1.29, 1.82) is 0 Å². The Morgan fingerprint density at radius 3 is 2.00 bits per heavy atom. The number of rotatable bonds is 5. The van der Waals surface area contributed by atoms with Gasteiger partial charge in [0.15, 0.2) is 28.8 Å². The summed E-state index contributed by atoms with van der Waals surface area (Å²) in [5.41, 5.74) is 2.57. The average Bonchev–Trinajstić information content (AvgIpc) is 2.95. The number of hydrogen-bond donors (Lipinski definition) is 0. The van der Waals surface area contributed by atoms with Gasteiger partial charge in [0.25, 0.3) is 0 Å². The lowest BCUT2D eigenvalue weighted by Crippen LogP contribution is -2.07. The molecule has 5 nitrogen and oxygen atoms in total. The van der Waals surface area contributed by atoms with Crippen LogP contribution in [0.4, 0.5) is 0 Å². The van der Waals surface area contributed by atoms with Gasteiger partial charge in [-0.2, -0.15) is 0 Å². The fraction of sp³-hybridized carbons (Fsp3) is 0.316. The highest BCUT2D eigenvalue weighted by atomic mass is 16.5. The summed E-state index contributed by atoms with van der Waals surface area (Å²) in [7, 11) is 6.33. The number of ketones is 1. The number of ether oxygens (including phenoxy) is 4. The monoisotopic (exact) mass is 328 g/mol. The van der Waals surface area contributed by atoms with Crippen molar-refractivity contribution in [3.63, 3.8) is 0 Å². The van der Waals surface area contributed by atoms with E-state index in [-0.39, 0.29) is 11.7 Å². The molecule has 1 atom stereocenters. The van der Waals surface area contributed by atoms with E-state index in [2.05, 4.69) is 0 Å². The van der Waals surface area contributed by atoms with Crippen LogP contribution in [0.1, 0.15) is 27.4 Å². The Morgan fingerprint density at radius 2 is 1.38 bits per heavy atom. The third kappa shape index (κ3) is 2.56. The second-order valence-corrected chi connectivity index (χ2v) is 5.60. The van der Waals surface area contributed by atoms with Crippen LogP contribution in [0.5, 0.6) is 23.0 Å². The molecule has 0 heterocycles. The van der Waals surface area contributed by atoms with Crippen molar-refractivity contribution in [3.8, 4) is 23.0 Å². The van der Waals surface area contributed by atoms with Gasteiger partial charge in [0.2, 0.25) is 0 Å². The summed E-state index contributed by atoms with van der Waals surface area (Å²) in [5.74, 6) is 2.31. The van der Waals surface area contributed by atoms with Crippen LogP contribution in [0.15, 0.2) is 30.3 Å². The lowest BCUT2D eigenvalue weighted by molar-refractivity contribution is 0.0972. The van der Waals surface area contributed by atoms with E-state index in [0.717, 1.165) is 11.1 Å². The topological polar surface area (TPSA) is 54.0 Å². The first-order chi connectivity index (χ1) is 11.6. The number of fused-ring (bicyclic) bond motifs is 1. The lowest BCUT2D eigenvalue weighted by Gasteiger charge is -2.13. The Bertz CT molecular complexity index is 782. The Hall–Kier alpha value is -2.69. The minimum Gasteiger partial charge on any atom is -0.493 e. The van der Waals surface area contributed by atoms with Crippen molar-refractivity contribution in [2.75, 3.05) is 28.4 Å². The average molecular weight is 328 g/mol. The summed E-state index contributed by atoms with van der Waals surface area (Å²) in [6, 6.07) is 9.24. The quantitative estimate of drug-likeness (QED) is 0.843. The van der Waals surface area contributed by atoms with Crippen LogP contribution in [0, 0.1) is 0 Å². The highest BCUT2D eigenvalue weighted by Gasteiger charge is 2.33. The van der Waals surface area contributed by atoms with Crippen LogP contribution >= 0.6 is 0 Å². The number of methoxy groups -OCH3 is 4. The molecule has 24 heavy (non-hydrogen) atoms. The van der Waals surface area contributed by atoms with Gasteiger partial charge in [-0.3, -0.25) is 4.79 Å². The van der Waals surface area contributed by atoms with Crippen LogP contribution in [-0.4, -0.2) is 34.2 Å². The Balaban J connectivity index is 1.99. The molecular formula is C19H20O5. The van der Waals surface area contributed by atoms with Crippen molar-refractivity contribution in [1.82, 2.24) is 0 Å². The first-order valence-corrected chi connectivity index (χ1v) is 7.64. The Kier molecular flexibility index (Phi) is 4.34. The highest BCUT2D eigenvalue weighted by Crippen LogP contribution is 2.41. The molecular weight excluding hydrogens is 308 g/mol. The first-order valence-electron chi connectivity index (χ1n) is 7.64. The summed E-state index contributed by atoms with van der Waals surface area (Å²) in [6.45, 7) is 0. The van der Waals surface area contributed by atoms with Crippen LogP contribution in [0.25, 0.3) is 0 Å². The summed E-state index contributed by atoms with van der Waals surface area (Å²) in [4.78, 5) is 12.9. The molecule has 0 N–H and O–H groups in total. The summed E-state index contributed by atoms with van der Waals surface area (Å²) in [6.07, 6.45) is 0.629. The standard InChI is InChI=1S/C19H20O5/c1-21-15-6-5-11(8-16(15)22-2)13-7-12-9-17(23-3)18(24-4)10-14(12)19(13)20/h5-6,8-10,13H,7H2,1-4H3. The zero-order valence-corrected chi connectivity index (χ0v) is 14.2. The zero-order chi connectivity index (χ0) is 17.3. The predicted octanol–water partition coefficient (Wildman–Crippen LogP) is 3.24. The van der Waals surface area contributed by atoms with Crippen molar-refractivity contribution in [2.45, 2.75) is 12.3 Å². The Labute approximate surface area is 141 Å². The van der Waals surface area contributed by atoms with E-state index >= 15 is 0 Å². The maximum Gasteiger partial charge on any atom is 0.171 e. The van der Waals surface area contributed by atoms with Crippen molar-refractivity contribution >= 4 is 5.78 Å². The normalized spacial score (nSPS) is 15.8. The number of carbonyl (C=O) groups excluding carboxylic acids is 1. The van der Waals surface area contributed by atoms with Gasteiger partial charge >= 0.3 is 0 Å².